The highest BCUT2D eigenvalue weighted by Crippen LogP contribution is 2.39. The fraction of sp³-hybridized carbons (Fsp3) is 0.500. The molecule has 2 aromatic rings. The van der Waals surface area contributed by atoms with E-state index in [1.165, 1.54) is 7.11 Å². The van der Waals surface area contributed by atoms with Crippen LogP contribution in [-0.2, 0) is 0 Å². The molecule has 2 nitrogen and oxygen atoms in total. The van der Waals surface area contributed by atoms with Crippen LogP contribution >= 0.6 is 0 Å². The molecule has 0 heterocycles. The minimum absolute atomic E-state index is 0.0263. The average molecular weight is 459 g/mol. The minimum atomic E-state index is -0.768. The third-order valence-electron chi connectivity index (χ3n) is 7.65. The molecule has 2 aliphatic rings. The monoisotopic (exact) mass is 458 g/mol. The summed E-state index contributed by atoms with van der Waals surface area (Å²) >= 11 is 0. The summed E-state index contributed by atoms with van der Waals surface area (Å²) in [7, 11) is 1.46. The zero-order chi connectivity index (χ0) is 23.4. The first kappa shape index (κ1) is 23.9. The van der Waals surface area contributed by atoms with Gasteiger partial charge in [0.2, 0.25) is 0 Å². The lowest BCUT2D eigenvalue weighted by Gasteiger charge is -2.28. The van der Waals surface area contributed by atoms with Crippen molar-refractivity contribution in [3.8, 4) is 5.75 Å². The molecule has 0 spiro atoms. The number of benzene rings is 2. The minimum Gasteiger partial charge on any atom is -0.494 e. The number of allylic oxidation sites excluding steroid dienone is 1. The largest absolute Gasteiger partial charge is 0.494 e. The lowest BCUT2D eigenvalue weighted by atomic mass is 9.78. The Morgan fingerprint density at radius 3 is 2.21 bits per heavy atom. The molecule has 0 aliphatic heterocycles. The molecule has 1 N–H and O–H groups in total. The van der Waals surface area contributed by atoms with E-state index in [2.05, 4.69) is 0 Å². The summed E-state index contributed by atoms with van der Waals surface area (Å²) in [5, 5.41) is 9.29. The normalized spacial score (nSPS) is 26.0. The van der Waals surface area contributed by atoms with Crippen molar-refractivity contribution >= 4 is 6.08 Å². The molecule has 2 fully saturated rings. The molecule has 2 saturated carbocycles. The van der Waals surface area contributed by atoms with E-state index >= 15 is 0 Å². The van der Waals surface area contributed by atoms with Crippen molar-refractivity contribution in [2.75, 3.05) is 13.7 Å². The summed E-state index contributed by atoms with van der Waals surface area (Å²) in [6.45, 7) is 0.173. The van der Waals surface area contributed by atoms with Gasteiger partial charge in [0, 0.05) is 12.2 Å². The van der Waals surface area contributed by atoms with Crippen molar-refractivity contribution in [2.45, 2.75) is 63.2 Å². The van der Waals surface area contributed by atoms with Crippen molar-refractivity contribution in [1.29, 1.82) is 0 Å². The molecule has 0 amide bonds. The van der Waals surface area contributed by atoms with Crippen LogP contribution in [-0.4, -0.2) is 18.8 Å². The predicted molar refractivity (Wildman–Crippen MR) is 125 cm³/mol. The second-order valence-electron chi connectivity index (χ2n) is 9.64. The highest BCUT2D eigenvalue weighted by molar-refractivity contribution is 5.52. The van der Waals surface area contributed by atoms with Gasteiger partial charge < -0.3 is 9.84 Å². The number of hydrogen-bond acceptors (Lipinski definition) is 2. The van der Waals surface area contributed by atoms with E-state index < -0.39 is 11.6 Å². The van der Waals surface area contributed by atoms with Crippen LogP contribution in [0, 0.1) is 29.3 Å². The molecule has 5 heteroatoms. The number of aliphatic hydroxyl groups excluding tert-OH is 1. The van der Waals surface area contributed by atoms with Gasteiger partial charge in [-0.15, -0.1) is 0 Å². The molecule has 0 atom stereocenters. The fourth-order valence-corrected chi connectivity index (χ4v) is 5.50. The Hall–Kier alpha value is -2.27. The Balaban J connectivity index is 1.36. The van der Waals surface area contributed by atoms with E-state index in [1.54, 1.807) is 30.3 Å². The van der Waals surface area contributed by atoms with Crippen molar-refractivity contribution in [3.05, 3.63) is 70.5 Å². The maximum absolute atomic E-state index is 14.8. The van der Waals surface area contributed by atoms with Crippen LogP contribution in [0.5, 0.6) is 5.75 Å². The van der Waals surface area contributed by atoms with Gasteiger partial charge in [-0.25, -0.2) is 13.2 Å². The van der Waals surface area contributed by atoms with E-state index in [0.717, 1.165) is 56.9 Å². The number of hydrogen-bond donors (Lipinski definition) is 1. The summed E-state index contributed by atoms with van der Waals surface area (Å²) in [6, 6.07) is 8.59. The summed E-state index contributed by atoms with van der Waals surface area (Å²) in [5.74, 6) is -0.642. The van der Waals surface area contributed by atoms with Crippen LogP contribution in [0.2, 0.25) is 0 Å². The molecular weight excluding hydrogens is 425 g/mol. The molecule has 2 aliphatic carbocycles. The van der Waals surface area contributed by atoms with E-state index in [0.29, 0.717) is 23.0 Å². The highest BCUT2D eigenvalue weighted by Gasteiger charge is 2.26. The van der Waals surface area contributed by atoms with Gasteiger partial charge in [-0.2, -0.15) is 0 Å². The first-order valence-corrected chi connectivity index (χ1v) is 12.1. The Labute approximate surface area is 194 Å². The van der Waals surface area contributed by atoms with Gasteiger partial charge in [0.25, 0.3) is 0 Å². The summed E-state index contributed by atoms with van der Waals surface area (Å²) in [4.78, 5) is 0. The number of aliphatic hydroxyl groups is 1. The third kappa shape index (κ3) is 5.46. The van der Waals surface area contributed by atoms with Crippen LogP contribution in [0.15, 0.2) is 36.4 Å². The number of rotatable bonds is 6. The summed E-state index contributed by atoms with van der Waals surface area (Å²) in [5.41, 5.74) is 1.75. The molecule has 0 unspecified atom stereocenters. The topological polar surface area (TPSA) is 29.5 Å². The van der Waals surface area contributed by atoms with Gasteiger partial charge >= 0.3 is 0 Å². The zero-order valence-electron chi connectivity index (χ0n) is 19.2. The Morgan fingerprint density at radius 2 is 1.58 bits per heavy atom. The van der Waals surface area contributed by atoms with Crippen LogP contribution in [0.1, 0.15) is 79.9 Å². The third-order valence-corrected chi connectivity index (χ3v) is 7.65. The quantitative estimate of drug-likeness (QED) is 0.490. The summed E-state index contributed by atoms with van der Waals surface area (Å²) < 4.78 is 48.6. The molecule has 0 bridgehead atoms. The smallest absolute Gasteiger partial charge is 0.166 e. The SMILES string of the molecule is COc1ccc(C2CCC(C=Cc3ccc(C4CCC(CO)CC4)c(F)c3F)CC2)cc1F. The van der Waals surface area contributed by atoms with E-state index in [1.807, 2.05) is 12.1 Å². The molecule has 0 saturated heterocycles. The molecule has 2 aromatic carbocycles. The number of ether oxygens (including phenoxy) is 1. The summed E-state index contributed by atoms with van der Waals surface area (Å²) in [6.07, 6.45) is 10.7. The second kappa shape index (κ2) is 10.8. The Bertz CT molecular complexity index is 971. The van der Waals surface area contributed by atoms with Crippen LogP contribution < -0.4 is 4.74 Å². The molecular formula is C28H33F3O2. The predicted octanol–water partition coefficient (Wildman–Crippen LogP) is 7.37. The molecule has 178 valence electrons. The molecule has 0 aromatic heterocycles. The first-order chi connectivity index (χ1) is 16.0. The van der Waals surface area contributed by atoms with E-state index in [9.17, 15) is 18.3 Å². The maximum Gasteiger partial charge on any atom is 0.166 e. The standard InChI is InChI=1S/C28H33F3O2/c1-33-26-15-13-23(16-25(26)29)20-7-2-18(3-8-20)4-11-22-12-14-24(28(31)27(22)30)21-9-5-19(17-32)6-10-21/h4,11-16,18-21,32H,2-3,5-10,17H2,1H3. The van der Waals surface area contributed by atoms with Crippen molar-refractivity contribution in [1.82, 2.24) is 0 Å². The lowest BCUT2D eigenvalue weighted by molar-refractivity contribution is 0.181. The van der Waals surface area contributed by atoms with Crippen LogP contribution in [0.3, 0.4) is 0 Å². The first-order valence-electron chi connectivity index (χ1n) is 12.1. The number of methoxy groups -OCH3 is 1. The lowest BCUT2D eigenvalue weighted by Crippen LogP contribution is -2.17. The van der Waals surface area contributed by atoms with Crippen LogP contribution in [0.4, 0.5) is 13.2 Å². The Morgan fingerprint density at radius 1 is 0.879 bits per heavy atom. The van der Waals surface area contributed by atoms with Crippen LogP contribution in [0.25, 0.3) is 6.08 Å². The molecule has 33 heavy (non-hydrogen) atoms. The van der Waals surface area contributed by atoms with Crippen molar-refractivity contribution in [3.63, 3.8) is 0 Å². The van der Waals surface area contributed by atoms with Gasteiger partial charge in [0.15, 0.2) is 23.2 Å². The second-order valence-corrected chi connectivity index (χ2v) is 9.64. The van der Waals surface area contributed by atoms with E-state index in [4.69, 9.17) is 4.74 Å². The van der Waals surface area contributed by atoms with Crippen molar-refractivity contribution < 1.29 is 23.0 Å². The fourth-order valence-electron chi connectivity index (χ4n) is 5.50. The van der Waals surface area contributed by atoms with Gasteiger partial charge in [0.05, 0.1) is 7.11 Å². The zero-order valence-corrected chi connectivity index (χ0v) is 19.2. The van der Waals surface area contributed by atoms with Gasteiger partial charge in [-0.1, -0.05) is 30.4 Å². The average Bonchev–Trinajstić information content (AvgIpc) is 2.85. The Kier molecular flexibility index (Phi) is 7.79. The van der Waals surface area contributed by atoms with E-state index in [-0.39, 0.29) is 30.0 Å². The van der Waals surface area contributed by atoms with Crippen molar-refractivity contribution in [2.24, 2.45) is 11.8 Å². The molecule has 4 rings (SSSR count). The van der Waals surface area contributed by atoms with Gasteiger partial charge in [-0.3, -0.25) is 0 Å². The van der Waals surface area contributed by atoms with Gasteiger partial charge in [0.1, 0.15) is 0 Å². The maximum atomic E-state index is 14.8. The number of halogens is 3. The molecule has 0 radical (unpaired) electrons. The highest BCUT2D eigenvalue weighted by atomic mass is 19.2. The van der Waals surface area contributed by atoms with Gasteiger partial charge in [-0.05, 0) is 98.3 Å².